The molecule has 0 bridgehead atoms. The van der Waals surface area contributed by atoms with Crippen LogP contribution in [0.3, 0.4) is 0 Å². The van der Waals surface area contributed by atoms with E-state index in [0.29, 0.717) is 24.2 Å². The number of rotatable bonds is 10. The molecule has 8 heteroatoms. The molecule has 0 unspecified atom stereocenters. The van der Waals surface area contributed by atoms with E-state index < -0.39 is 21.5 Å². The lowest BCUT2D eigenvalue weighted by Gasteiger charge is -2.18. The molecule has 0 aromatic heterocycles. The van der Waals surface area contributed by atoms with Crippen LogP contribution in [0.4, 0.5) is 5.69 Å². The van der Waals surface area contributed by atoms with Crippen molar-refractivity contribution in [3.8, 4) is 0 Å². The number of unbranched alkanes of at least 4 members (excludes halogenated alkanes) is 2. The lowest BCUT2D eigenvalue weighted by atomic mass is 9.80. The molecule has 0 fully saturated rings. The lowest BCUT2D eigenvalue weighted by Crippen LogP contribution is -2.34. The minimum Gasteiger partial charge on any atom is -0.744 e. The quantitative estimate of drug-likeness (QED) is 0.227. The van der Waals surface area contributed by atoms with Gasteiger partial charge in [0.15, 0.2) is 0 Å². The van der Waals surface area contributed by atoms with E-state index in [0.717, 1.165) is 29.8 Å². The molecule has 1 aliphatic heterocycles. The fraction of sp³-hybridized carbons (Fsp3) is 0.308. The highest BCUT2D eigenvalue weighted by Gasteiger charge is 2.46. The van der Waals surface area contributed by atoms with Gasteiger partial charge in [0.2, 0.25) is 11.4 Å². The number of benzene rings is 2. The highest BCUT2D eigenvalue weighted by molar-refractivity contribution is 7.85. The molecule has 0 spiro atoms. The summed E-state index contributed by atoms with van der Waals surface area (Å²) in [6.07, 6.45) is 7.80. The molecule has 0 amide bonds. The Morgan fingerprint density at radius 2 is 1.82 bits per heavy atom. The summed E-state index contributed by atoms with van der Waals surface area (Å²) in [5.74, 6) is -0.816. The lowest BCUT2D eigenvalue weighted by molar-refractivity contribution is -0.438. The number of carboxylic acid groups (broad SMARTS) is 1. The van der Waals surface area contributed by atoms with Crippen molar-refractivity contribution in [1.82, 2.24) is 0 Å². The molecule has 0 aliphatic carbocycles. The maximum Gasteiger partial charge on any atom is 0.303 e. The Kier molecular flexibility index (Phi) is 7.74. The Morgan fingerprint density at radius 1 is 1.12 bits per heavy atom. The van der Waals surface area contributed by atoms with Crippen LogP contribution in [0.2, 0.25) is 0 Å². The van der Waals surface area contributed by atoms with E-state index in [1.807, 2.05) is 62.4 Å². The van der Waals surface area contributed by atoms with Gasteiger partial charge in [-0.3, -0.25) is 4.79 Å². The largest absolute Gasteiger partial charge is 0.744 e. The van der Waals surface area contributed by atoms with Gasteiger partial charge in [-0.25, -0.2) is 8.42 Å². The van der Waals surface area contributed by atoms with Crippen LogP contribution in [0.1, 0.15) is 50.7 Å². The summed E-state index contributed by atoms with van der Waals surface area (Å²) in [5.41, 5.74) is 9.82. The van der Waals surface area contributed by atoms with Gasteiger partial charge in [0, 0.05) is 24.5 Å². The number of allylic oxidation sites excluding steroid dienone is 3. The van der Waals surface area contributed by atoms with E-state index in [9.17, 15) is 17.8 Å². The molecule has 34 heavy (non-hydrogen) atoms. The first-order valence-corrected chi connectivity index (χ1v) is 12.6. The van der Waals surface area contributed by atoms with Gasteiger partial charge >= 0.3 is 5.97 Å². The minimum atomic E-state index is -4.60. The molecule has 180 valence electrons. The van der Waals surface area contributed by atoms with Crippen LogP contribution in [-0.4, -0.2) is 40.9 Å². The van der Waals surface area contributed by atoms with Crippen LogP contribution >= 0.6 is 0 Å². The number of nitrogens with zero attached hydrogens (tertiary/aromatic N) is 1. The van der Waals surface area contributed by atoms with Crippen LogP contribution in [0.15, 0.2) is 71.3 Å². The Morgan fingerprint density at radius 3 is 2.47 bits per heavy atom. The second-order valence-electron chi connectivity index (χ2n) is 8.85. The highest BCUT2D eigenvalue weighted by Crippen LogP contribution is 2.42. The first-order valence-electron chi connectivity index (χ1n) is 11.2. The Bertz CT molecular complexity index is 1260. The molecule has 3 rings (SSSR count). The summed E-state index contributed by atoms with van der Waals surface area (Å²) < 4.78 is 37.0. The van der Waals surface area contributed by atoms with E-state index in [1.165, 1.54) is 12.1 Å². The van der Waals surface area contributed by atoms with Gasteiger partial charge in [0.05, 0.1) is 10.3 Å². The Balaban J connectivity index is 1.98. The fourth-order valence-electron chi connectivity index (χ4n) is 4.37. The molecular weight excluding hydrogens is 452 g/mol. The van der Waals surface area contributed by atoms with Crippen molar-refractivity contribution in [1.29, 1.82) is 0 Å². The van der Waals surface area contributed by atoms with Crippen LogP contribution in [0.25, 0.3) is 6.08 Å². The maximum absolute atomic E-state index is 11.6. The second kappa shape index (κ2) is 10.4. The summed E-state index contributed by atoms with van der Waals surface area (Å²) in [6, 6.07) is 14.2. The molecule has 0 radical (unpaired) electrons. The number of hydrogen-bond donors (Lipinski definition) is 2. The Labute approximate surface area is 200 Å². The molecule has 0 saturated heterocycles. The Hall–Kier alpha value is -3.23. The number of nitrogens with two attached hydrogens (primary N) is 1. The number of hydrogen-bond acceptors (Lipinski definition) is 5. The molecule has 1 aliphatic rings. The topological polar surface area (TPSA) is 124 Å². The van der Waals surface area contributed by atoms with E-state index >= 15 is 0 Å². The third kappa shape index (κ3) is 5.81. The van der Waals surface area contributed by atoms with Gasteiger partial charge in [-0.1, -0.05) is 42.5 Å². The van der Waals surface area contributed by atoms with Crippen molar-refractivity contribution in [3.05, 3.63) is 77.5 Å². The molecule has 0 atom stereocenters. The average Bonchev–Trinajstić information content (AvgIpc) is 2.99. The van der Waals surface area contributed by atoms with Crippen LogP contribution in [0.5, 0.6) is 0 Å². The second-order valence-corrected chi connectivity index (χ2v) is 10.2. The van der Waals surface area contributed by atoms with Crippen molar-refractivity contribution in [3.63, 3.8) is 0 Å². The minimum absolute atomic E-state index is 0.121. The van der Waals surface area contributed by atoms with Gasteiger partial charge in [-0.15, -0.1) is 0 Å². The maximum atomic E-state index is 11.6. The summed E-state index contributed by atoms with van der Waals surface area (Å²) >= 11 is 0. The fourth-order valence-corrected chi connectivity index (χ4v) is 4.87. The predicted octanol–water partition coefficient (Wildman–Crippen LogP) is 4.17. The first-order chi connectivity index (χ1) is 16.0. The smallest absolute Gasteiger partial charge is 0.303 e. The molecular formula is C26H30N2O5S. The van der Waals surface area contributed by atoms with Crippen LogP contribution < -0.4 is 5.73 Å². The molecule has 3 N–H and O–H groups in total. The monoisotopic (exact) mass is 482 g/mol. The summed E-state index contributed by atoms with van der Waals surface area (Å²) in [7, 11) is -4.60. The van der Waals surface area contributed by atoms with E-state index in [-0.39, 0.29) is 11.3 Å². The molecule has 2 aromatic rings. The van der Waals surface area contributed by atoms with Gasteiger partial charge in [0.1, 0.15) is 22.4 Å². The predicted molar refractivity (Wildman–Crippen MR) is 131 cm³/mol. The van der Waals surface area contributed by atoms with Crippen molar-refractivity contribution in [2.75, 3.05) is 6.54 Å². The van der Waals surface area contributed by atoms with Crippen molar-refractivity contribution in [2.45, 2.75) is 49.8 Å². The van der Waals surface area contributed by atoms with Gasteiger partial charge in [-0.05, 0) is 50.5 Å². The number of carbonyl (C=O) groups is 1. The van der Waals surface area contributed by atoms with E-state index in [2.05, 4.69) is 4.58 Å². The van der Waals surface area contributed by atoms with Crippen LogP contribution in [-0.2, 0) is 20.3 Å². The van der Waals surface area contributed by atoms with Gasteiger partial charge in [0.25, 0.3) is 0 Å². The zero-order valence-electron chi connectivity index (χ0n) is 19.4. The third-order valence-electron chi connectivity index (χ3n) is 5.99. The summed E-state index contributed by atoms with van der Waals surface area (Å²) in [6.45, 7) is 4.49. The molecule has 7 nitrogen and oxygen atoms in total. The zero-order chi connectivity index (χ0) is 24.9. The summed E-state index contributed by atoms with van der Waals surface area (Å²) in [5, 5.41) is 8.87. The van der Waals surface area contributed by atoms with Gasteiger partial charge in [-0.2, -0.15) is 4.58 Å². The van der Waals surface area contributed by atoms with Crippen LogP contribution in [0, 0.1) is 0 Å². The number of aliphatic carboxylic acids is 1. The zero-order valence-corrected chi connectivity index (χ0v) is 20.2. The number of carboxylic acids is 1. The van der Waals surface area contributed by atoms with Crippen molar-refractivity contribution in [2.24, 2.45) is 5.73 Å². The molecule has 0 saturated carbocycles. The third-order valence-corrected chi connectivity index (χ3v) is 6.82. The van der Waals surface area contributed by atoms with E-state index in [1.54, 1.807) is 6.07 Å². The normalized spacial score (nSPS) is 15.7. The first kappa shape index (κ1) is 25.4. The number of fused-ring (bicyclic) bond motifs is 1. The SMILES string of the molecule is CC1(C)C(C(N)=CC=Cc2ccccc2)=[N+](CCCCCC(=O)O)c2ccc(S(=O)(=O)[O-])cc21. The standard InChI is InChI=1S/C26H30N2O5S/c1-26(2)21-18-20(34(31,32)33)15-16-23(21)28(17-8-4-7-14-24(29)30)25(26)22(27)13-9-12-19-10-5-3-6-11-19/h3,5-6,9-13,15-16,18H,4,7-8,14,17,27H2,1-2H3,(H-,29,30,31,32,33). The van der Waals surface area contributed by atoms with Crippen molar-refractivity contribution >= 4 is 33.6 Å². The summed E-state index contributed by atoms with van der Waals surface area (Å²) in [4.78, 5) is 10.5. The van der Waals surface area contributed by atoms with Gasteiger partial charge < -0.3 is 15.4 Å². The molecule has 2 aromatic carbocycles. The highest BCUT2D eigenvalue weighted by atomic mass is 32.2. The van der Waals surface area contributed by atoms with Crippen molar-refractivity contribution < 1.29 is 27.4 Å². The van der Waals surface area contributed by atoms with E-state index in [4.69, 9.17) is 10.8 Å². The average molecular weight is 483 g/mol. The molecule has 1 heterocycles.